The van der Waals surface area contributed by atoms with Gasteiger partial charge in [0.1, 0.15) is 23.3 Å². The molecule has 0 radical (unpaired) electrons. The van der Waals surface area contributed by atoms with Gasteiger partial charge in [-0.3, -0.25) is 4.98 Å². The number of anilines is 1. The van der Waals surface area contributed by atoms with Gasteiger partial charge < -0.3 is 19.8 Å². The summed E-state index contributed by atoms with van der Waals surface area (Å²) in [5.74, 6) is 2.11. The Hall–Kier alpha value is -3.39. The fourth-order valence-electron chi connectivity index (χ4n) is 3.42. The van der Waals surface area contributed by atoms with E-state index in [4.69, 9.17) is 21.1 Å². The maximum absolute atomic E-state index is 6.57. The van der Waals surface area contributed by atoms with E-state index in [1.807, 2.05) is 19.1 Å². The second kappa shape index (κ2) is 8.54. The van der Waals surface area contributed by atoms with Crippen molar-refractivity contribution in [2.75, 3.05) is 26.1 Å². The summed E-state index contributed by atoms with van der Waals surface area (Å²) in [5.41, 5.74) is 5.09. The lowest BCUT2D eigenvalue weighted by Crippen LogP contribution is -2.09. The van der Waals surface area contributed by atoms with Crippen LogP contribution >= 0.6 is 11.6 Å². The lowest BCUT2D eigenvalue weighted by atomic mass is 9.96. The van der Waals surface area contributed by atoms with Crippen molar-refractivity contribution in [3.05, 3.63) is 53.3 Å². The molecule has 2 N–H and O–H groups in total. The molecule has 0 aliphatic carbocycles. The number of aromatic nitrogens is 5. The van der Waals surface area contributed by atoms with Crippen LogP contribution in [0, 0.1) is 6.92 Å². The molecule has 0 atom stereocenters. The highest BCUT2D eigenvalue weighted by Gasteiger charge is 2.18. The van der Waals surface area contributed by atoms with Gasteiger partial charge in [-0.1, -0.05) is 11.6 Å². The standard InChI is InChI=1S/C21H21ClN6O2/c1-12-16(22)7-13(4-5-24-20-18-21(26-10-25-18)28-11-27-20)19(30-3)17(12)14-6-15(29-2)9-23-8-14/h6-11H,4-5H2,1-3H3,(H2,24,25,26,27,28). The number of hydrogen-bond donors (Lipinski definition) is 2. The molecule has 3 heterocycles. The van der Waals surface area contributed by atoms with Gasteiger partial charge in [-0.25, -0.2) is 15.0 Å². The number of ether oxygens (including phenoxy) is 2. The Labute approximate surface area is 178 Å². The van der Waals surface area contributed by atoms with Gasteiger partial charge in [0.25, 0.3) is 0 Å². The van der Waals surface area contributed by atoms with Crippen LogP contribution in [0.15, 0.2) is 37.2 Å². The van der Waals surface area contributed by atoms with Crippen molar-refractivity contribution in [1.29, 1.82) is 0 Å². The van der Waals surface area contributed by atoms with Gasteiger partial charge in [-0.05, 0) is 36.6 Å². The van der Waals surface area contributed by atoms with Crippen molar-refractivity contribution in [3.63, 3.8) is 0 Å². The normalized spacial score (nSPS) is 10.9. The van der Waals surface area contributed by atoms with E-state index in [0.29, 0.717) is 40.7 Å². The number of H-pyrrole nitrogens is 1. The third-order valence-electron chi connectivity index (χ3n) is 4.90. The predicted octanol–water partition coefficient (Wildman–Crippen LogP) is 4.05. The minimum absolute atomic E-state index is 0.616. The smallest absolute Gasteiger partial charge is 0.162 e. The number of pyridine rings is 1. The van der Waals surface area contributed by atoms with Crippen LogP contribution in [0.4, 0.5) is 5.82 Å². The van der Waals surface area contributed by atoms with E-state index >= 15 is 0 Å². The molecule has 154 valence electrons. The van der Waals surface area contributed by atoms with Crippen LogP contribution in [-0.4, -0.2) is 45.7 Å². The first kappa shape index (κ1) is 19.9. The molecule has 4 aromatic rings. The summed E-state index contributed by atoms with van der Waals surface area (Å²) in [6, 6.07) is 3.87. The van der Waals surface area contributed by atoms with Crippen LogP contribution in [0.25, 0.3) is 22.3 Å². The Bertz CT molecular complexity index is 1190. The number of nitrogens with one attached hydrogen (secondary N) is 2. The molecule has 0 unspecified atom stereocenters. The van der Waals surface area contributed by atoms with Crippen molar-refractivity contribution >= 4 is 28.6 Å². The number of aromatic amines is 1. The lowest BCUT2D eigenvalue weighted by molar-refractivity contribution is 0.410. The first-order valence-electron chi connectivity index (χ1n) is 9.35. The van der Waals surface area contributed by atoms with E-state index in [-0.39, 0.29) is 0 Å². The van der Waals surface area contributed by atoms with E-state index in [1.54, 1.807) is 32.9 Å². The SMILES string of the molecule is COc1cncc(-c2c(C)c(Cl)cc(CCNc3ncnc4[nH]cnc34)c2OC)c1. The Morgan fingerprint density at radius 2 is 1.97 bits per heavy atom. The number of rotatable bonds is 7. The van der Waals surface area contributed by atoms with Crippen LogP contribution in [0.2, 0.25) is 5.02 Å². The largest absolute Gasteiger partial charge is 0.496 e. The summed E-state index contributed by atoms with van der Waals surface area (Å²) in [6.45, 7) is 2.58. The van der Waals surface area contributed by atoms with Gasteiger partial charge in [0.05, 0.1) is 26.7 Å². The highest BCUT2D eigenvalue weighted by molar-refractivity contribution is 6.32. The van der Waals surface area contributed by atoms with Crippen LogP contribution in [-0.2, 0) is 6.42 Å². The molecule has 0 aliphatic rings. The van der Waals surface area contributed by atoms with Gasteiger partial charge in [-0.2, -0.15) is 0 Å². The van der Waals surface area contributed by atoms with Crippen molar-refractivity contribution in [1.82, 2.24) is 24.9 Å². The zero-order chi connectivity index (χ0) is 21.1. The lowest BCUT2D eigenvalue weighted by Gasteiger charge is -2.18. The first-order chi connectivity index (χ1) is 14.6. The van der Waals surface area contributed by atoms with Crippen LogP contribution < -0.4 is 14.8 Å². The number of benzene rings is 1. The molecule has 0 fully saturated rings. The van der Waals surface area contributed by atoms with Crippen molar-refractivity contribution in [2.24, 2.45) is 0 Å². The Morgan fingerprint density at radius 3 is 2.77 bits per heavy atom. The van der Waals surface area contributed by atoms with E-state index in [1.165, 1.54) is 6.33 Å². The topological polar surface area (TPSA) is 97.8 Å². The zero-order valence-corrected chi connectivity index (χ0v) is 17.6. The quantitative estimate of drug-likeness (QED) is 0.461. The average molecular weight is 425 g/mol. The molecule has 30 heavy (non-hydrogen) atoms. The molecule has 0 spiro atoms. The van der Waals surface area contributed by atoms with Crippen LogP contribution in [0.3, 0.4) is 0 Å². The van der Waals surface area contributed by atoms with Gasteiger partial charge >= 0.3 is 0 Å². The monoisotopic (exact) mass is 424 g/mol. The fourth-order valence-corrected chi connectivity index (χ4v) is 3.65. The minimum Gasteiger partial charge on any atom is -0.496 e. The van der Waals surface area contributed by atoms with Crippen molar-refractivity contribution in [3.8, 4) is 22.6 Å². The zero-order valence-electron chi connectivity index (χ0n) is 16.9. The van der Waals surface area contributed by atoms with Crippen LogP contribution in [0.1, 0.15) is 11.1 Å². The maximum atomic E-state index is 6.57. The number of methoxy groups -OCH3 is 2. The Kier molecular flexibility index (Phi) is 5.67. The third-order valence-corrected chi connectivity index (χ3v) is 5.29. The molecular weight excluding hydrogens is 404 g/mol. The molecule has 0 aliphatic heterocycles. The van der Waals surface area contributed by atoms with Crippen molar-refractivity contribution < 1.29 is 9.47 Å². The van der Waals surface area contributed by atoms with E-state index in [9.17, 15) is 0 Å². The molecular formula is C21H21ClN6O2. The summed E-state index contributed by atoms with van der Waals surface area (Å²) in [7, 11) is 3.28. The summed E-state index contributed by atoms with van der Waals surface area (Å²) < 4.78 is 11.1. The Balaban J connectivity index is 1.65. The first-order valence-corrected chi connectivity index (χ1v) is 9.73. The van der Waals surface area contributed by atoms with Crippen molar-refractivity contribution in [2.45, 2.75) is 13.3 Å². The summed E-state index contributed by atoms with van der Waals surface area (Å²) in [6.07, 6.45) is 7.21. The molecule has 0 saturated heterocycles. The number of fused-ring (bicyclic) bond motifs is 1. The molecule has 1 aromatic carbocycles. The minimum atomic E-state index is 0.616. The highest BCUT2D eigenvalue weighted by Crippen LogP contribution is 2.40. The number of hydrogen-bond acceptors (Lipinski definition) is 7. The number of halogens is 1. The molecule has 9 heteroatoms. The Morgan fingerprint density at radius 1 is 1.10 bits per heavy atom. The summed E-state index contributed by atoms with van der Waals surface area (Å²) in [4.78, 5) is 20.0. The highest BCUT2D eigenvalue weighted by atomic mass is 35.5. The summed E-state index contributed by atoms with van der Waals surface area (Å²) in [5, 5.41) is 3.99. The second-order valence-electron chi connectivity index (χ2n) is 6.66. The van der Waals surface area contributed by atoms with Gasteiger partial charge in [0.2, 0.25) is 0 Å². The maximum Gasteiger partial charge on any atom is 0.162 e. The number of imidazole rings is 1. The number of nitrogens with zero attached hydrogens (tertiary/aromatic N) is 4. The van der Waals surface area contributed by atoms with Gasteiger partial charge in [-0.15, -0.1) is 0 Å². The molecule has 3 aromatic heterocycles. The third kappa shape index (κ3) is 3.73. The average Bonchev–Trinajstić information content (AvgIpc) is 3.25. The van der Waals surface area contributed by atoms with E-state index in [2.05, 4.69) is 30.2 Å². The molecule has 0 amide bonds. The fraction of sp³-hybridized carbons (Fsp3) is 0.238. The predicted molar refractivity (Wildman–Crippen MR) is 116 cm³/mol. The van der Waals surface area contributed by atoms with Gasteiger partial charge in [0.15, 0.2) is 11.5 Å². The summed E-state index contributed by atoms with van der Waals surface area (Å²) >= 11 is 6.57. The molecule has 8 nitrogen and oxygen atoms in total. The second-order valence-corrected chi connectivity index (χ2v) is 7.07. The van der Waals surface area contributed by atoms with E-state index in [0.717, 1.165) is 28.0 Å². The van der Waals surface area contributed by atoms with Crippen LogP contribution in [0.5, 0.6) is 11.5 Å². The molecule has 0 saturated carbocycles. The molecule has 0 bridgehead atoms. The van der Waals surface area contributed by atoms with E-state index < -0.39 is 0 Å². The van der Waals surface area contributed by atoms with Gasteiger partial charge in [0, 0.05) is 28.9 Å². The molecule has 4 rings (SSSR count).